The topological polar surface area (TPSA) is 46.5 Å². The lowest BCUT2D eigenvalue weighted by Crippen LogP contribution is -2.45. The molecule has 0 bridgehead atoms. The first kappa shape index (κ1) is 17.0. The highest BCUT2D eigenvalue weighted by Gasteiger charge is 2.47. The fourth-order valence-electron chi connectivity index (χ4n) is 3.08. The van der Waals surface area contributed by atoms with Crippen molar-refractivity contribution in [1.29, 1.82) is 0 Å². The smallest absolute Gasteiger partial charge is 0.343 e. The number of carbonyl (C=O) groups is 1. The van der Waals surface area contributed by atoms with Crippen LogP contribution in [0.3, 0.4) is 0 Å². The predicted octanol–water partition coefficient (Wildman–Crippen LogP) is 2.31. The Bertz CT molecular complexity index is 489. The van der Waals surface area contributed by atoms with E-state index in [-0.39, 0.29) is 5.92 Å². The molecule has 0 aliphatic heterocycles. The fraction of sp³-hybridized carbons (Fsp3) is 0.611. The second kappa shape index (κ2) is 6.80. The third-order valence-corrected chi connectivity index (χ3v) is 4.47. The highest BCUT2D eigenvalue weighted by Crippen LogP contribution is 2.41. The number of rotatable bonds is 6. The number of hydrogen-bond acceptors (Lipinski definition) is 3. The Hall–Kier alpha value is -1.39. The zero-order valence-corrected chi connectivity index (χ0v) is 13.9. The van der Waals surface area contributed by atoms with E-state index in [0.717, 1.165) is 36.7 Å². The molecular weight excluding hydrogens is 278 g/mol. The van der Waals surface area contributed by atoms with E-state index in [2.05, 4.69) is 0 Å². The molecule has 4 nitrogen and oxygen atoms in total. The number of hydrogen-bond donors (Lipinski definition) is 1. The molecule has 0 unspecified atom stereocenters. The molecule has 4 heteroatoms. The zero-order valence-electron chi connectivity index (χ0n) is 13.9. The van der Waals surface area contributed by atoms with Gasteiger partial charge in [0, 0.05) is 5.92 Å². The lowest BCUT2D eigenvalue weighted by atomic mass is 9.80. The average Bonchev–Trinajstić information content (AvgIpc) is 3.00. The van der Waals surface area contributed by atoms with Crippen molar-refractivity contribution in [2.75, 3.05) is 34.3 Å². The minimum absolute atomic E-state index is 0.0495. The summed E-state index contributed by atoms with van der Waals surface area (Å²) >= 11 is 0. The van der Waals surface area contributed by atoms with E-state index >= 15 is 0 Å². The van der Waals surface area contributed by atoms with Crippen molar-refractivity contribution in [3.05, 3.63) is 35.9 Å². The molecule has 22 heavy (non-hydrogen) atoms. The molecular formula is C18H28NO3+. The van der Waals surface area contributed by atoms with E-state index in [4.69, 9.17) is 4.74 Å². The van der Waals surface area contributed by atoms with E-state index in [0.29, 0.717) is 12.2 Å². The SMILES string of the molecule is C[N+](C)(C)CCOC(=O)[C@](O)(c1ccccc1)C1CCCC1. The molecule has 1 aromatic carbocycles. The van der Waals surface area contributed by atoms with Crippen LogP contribution in [-0.2, 0) is 15.1 Å². The largest absolute Gasteiger partial charge is 0.457 e. The van der Waals surface area contributed by atoms with Gasteiger partial charge < -0.3 is 14.3 Å². The molecule has 0 amide bonds. The number of benzene rings is 1. The lowest BCUT2D eigenvalue weighted by Gasteiger charge is -2.32. The van der Waals surface area contributed by atoms with E-state index in [1.807, 2.05) is 51.5 Å². The summed E-state index contributed by atoms with van der Waals surface area (Å²) in [6.45, 7) is 1.05. The van der Waals surface area contributed by atoms with Crippen molar-refractivity contribution >= 4 is 5.97 Å². The maximum atomic E-state index is 12.7. The number of esters is 1. The Morgan fingerprint density at radius 1 is 1.23 bits per heavy atom. The number of quaternary nitrogens is 1. The van der Waals surface area contributed by atoms with E-state index in [1.165, 1.54) is 0 Å². The predicted molar refractivity (Wildman–Crippen MR) is 86.2 cm³/mol. The van der Waals surface area contributed by atoms with Crippen LogP contribution in [0.4, 0.5) is 0 Å². The van der Waals surface area contributed by atoms with Gasteiger partial charge in [-0.05, 0) is 18.4 Å². The van der Waals surface area contributed by atoms with Crippen molar-refractivity contribution in [2.24, 2.45) is 5.92 Å². The van der Waals surface area contributed by atoms with Gasteiger partial charge in [0.1, 0.15) is 13.2 Å². The lowest BCUT2D eigenvalue weighted by molar-refractivity contribution is -0.870. The molecule has 0 heterocycles. The summed E-state index contributed by atoms with van der Waals surface area (Å²) in [5.41, 5.74) is -0.861. The number of ether oxygens (including phenoxy) is 1. The minimum atomic E-state index is -1.51. The third kappa shape index (κ3) is 3.87. The van der Waals surface area contributed by atoms with Gasteiger partial charge in [-0.25, -0.2) is 4.79 Å². The van der Waals surface area contributed by atoms with E-state index < -0.39 is 11.6 Å². The standard InChI is InChI=1S/C18H28NO3/c1-19(2,3)13-14-22-17(20)18(21,16-11-7-8-12-16)15-9-5-4-6-10-15/h4-6,9-10,16,21H,7-8,11-14H2,1-3H3/q+1/t18-/m0/s1. The molecule has 0 saturated heterocycles. The Balaban J connectivity index is 2.16. The van der Waals surface area contributed by atoms with Gasteiger partial charge in [0.2, 0.25) is 0 Å². The van der Waals surface area contributed by atoms with Crippen molar-refractivity contribution in [3.8, 4) is 0 Å². The zero-order chi connectivity index (χ0) is 16.2. The van der Waals surface area contributed by atoms with Gasteiger partial charge in [-0.15, -0.1) is 0 Å². The number of nitrogens with zero attached hydrogens (tertiary/aromatic N) is 1. The summed E-state index contributed by atoms with van der Waals surface area (Å²) in [5.74, 6) is -0.550. The number of aliphatic hydroxyl groups is 1. The molecule has 1 aliphatic rings. The van der Waals surface area contributed by atoms with Crippen LogP contribution < -0.4 is 0 Å². The van der Waals surface area contributed by atoms with Crippen LogP contribution in [0.2, 0.25) is 0 Å². The molecule has 1 aliphatic carbocycles. The fourth-order valence-corrected chi connectivity index (χ4v) is 3.08. The maximum absolute atomic E-state index is 12.7. The van der Waals surface area contributed by atoms with Gasteiger partial charge in [-0.2, -0.15) is 0 Å². The number of likely N-dealkylation sites (N-methyl/N-ethyl adjacent to an activating group) is 1. The summed E-state index contributed by atoms with van der Waals surface area (Å²) in [6.07, 6.45) is 3.86. The Morgan fingerprint density at radius 3 is 2.36 bits per heavy atom. The molecule has 0 radical (unpaired) electrons. The average molecular weight is 306 g/mol. The second-order valence-corrected chi connectivity index (χ2v) is 7.26. The van der Waals surface area contributed by atoms with Crippen molar-refractivity contribution in [2.45, 2.75) is 31.3 Å². The first-order valence-electron chi connectivity index (χ1n) is 8.09. The molecule has 0 aromatic heterocycles. The van der Waals surface area contributed by atoms with Crippen LogP contribution in [0.15, 0.2) is 30.3 Å². The molecule has 1 atom stereocenters. The van der Waals surface area contributed by atoms with Crippen LogP contribution in [0.1, 0.15) is 31.2 Å². The molecule has 0 spiro atoms. The summed E-state index contributed by atoms with van der Waals surface area (Å²) in [6, 6.07) is 9.24. The minimum Gasteiger partial charge on any atom is -0.457 e. The molecule has 2 rings (SSSR count). The maximum Gasteiger partial charge on any atom is 0.343 e. The molecule has 1 saturated carbocycles. The molecule has 122 valence electrons. The van der Waals surface area contributed by atoms with Crippen molar-refractivity contribution in [1.82, 2.24) is 0 Å². The van der Waals surface area contributed by atoms with E-state index in [9.17, 15) is 9.90 Å². The van der Waals surface area contributed by atoms with Gasteiger partial charge in [0.15, 0.2) is 5.60 Å². The van der Waals surface area contributed by atoms with Crippen molar-refractivity contribution in [3.63, 3.8) is 0 Å². The van der Waals surface area contributed by atoms with Gasteiger partial charge >= 0.3 is 5.97 Å². The van der Waals surface area contributed by atoms with Gasteiger partial charge in [0.05, 0.1) is 21.1 Å². The first-order valence-corrected chi connectivity index (χ1v) is 8.09. The van der Waals surface area contributed by atoms with Gasteiger partial charge in [-0.1, -0.05) is 43.2 Å². The first-order chi connectivity index (χ1) is 10.3. The summed E-state index contributed by atoms with van der Waals surface area (Å²) in [5, 5.41) is 11.2. The van der Waals surface area contributed by atoms with Gasteiger partial charge in [0.25, 0.3) is 0 Å². The third-order valence-electron chi connectivity index (χ3n) is 4.47. The molecule has 1 N–H and O–H groups in total. The molecule has 1 fully saturated rings. The summed E-state index contributed by atoms with van der Waals surface area (Å²) < 4.78 is 6.17. The van der Waals surface area contributed by atoms with Crippen molar-refractivity contribution < 1.29 is 19.1 Å². The highest BCUT2D eigenvalue weighted by atomic mass is 16.5. The highest BCUT2D eigenvalue weighted by molar-refractivity contribution is 5.81. The normalized spacial score (nSPS) is 18.9. The van der Waals surface area contributed by atoms with Crippen LogP contribution in [-0.4, -0.2) is 49.9 Å². The van der Waals surface area contributed by atoms with Gasteiger partial charge in [-0.3, -0.25) is 0 Å². The summed E-state index contributed by atoms with van der Waals surface area (Å²) in [7, 11) is 6.15. The van der Waals surface area contributed by atoms with E-state index in [1.54, 1.807) is 0 Å². The van der Waals surface area contributed by atoms with Crippen LogP contribution >= 0.6 is 0 Å². The summed E-state index contributed by atoms with van der Waals surface area (Å²) in [4.78, 5) is 12.7. The van der Waals surface area contributed by atoms with Crippen LogP contribution in [0, 0.1) is 5.92 Å². The Labute approximate surface area is 133 Å². The second-order valence-electron chi connectivity index (χ2n) is 7.26. The Kier molecular flexibility index (Phi) is 5.24. The Morgan fingerprint density at radius 2 is 1.82 bits per heavy atom. The van der Waals surface area contributed by atoms with Crippen LogP contribution in [0.25, 0.3) is 0 Å². The molecule has 1 aromatic rings. The van der Waals surface area contributed by atoms with Crippen LogP contribution in [0.5, 0.6) is 0 Å². The quantitative estimate of drug-likeness (QED) is 0.648. The monoisotopic (exact) mass is 306 g/mol. The number of carbonyl (C=O) groups excluding carboxylic acids is 1.